The van der Waals surface area contributed by atoms with Crippen molar-refractivity contribution in [2.45, 2.75) is 83.2 Å². The third-order valence-electron chi connectivity index (χ3n) is 6.76. The van der Waals surface area contributed by atoms with Crippen LogP contribution in [0.4, 0.5) is 0 Å². The fourth-order valence-corrected chi connectivity index (χ4v) is 5.12. The van der Waals surface area contributed by atoms with Gasteiger partial charge in [0.15, 0.2) is 0 Å². The molecule has 2 aliphatic heterocycles. The van der Waals surface area contributed by atoms with Gasteiger partial charge in [0.25, 0.3) is 0 Å². The van der Waals surface area contributed by atoms with E-state index < -0.39 is 0 Å². The predicted octanol–water partition coefficient (Wildman–Crippen LogP) is 3.08. The second-order valence-electron chi connectivity index (χ2n) is 7.69. The number of rotatable bonds is 5. The quantitative estimate of drug-likeness (QED) is 0.578. The molecule has 2 saturated heterocycles. The first-order chi connectivity index (χ1) is 10.7. The van der Waals surface area contributed by atoms with Crippen molar-refractivity contribution in [3.63, 3.8) is 0 Å². The summed E-state index contributed by atoms with van der Waals surface area (Å²) in [6, 6.07) is 0. The predicted molar refractivity (Wildman–Crippen MR) is 81.4 cm³/mol. The van der Waals surface area contributed by atoms with Crippen LogP contribution in [0.2, 0.25) is 0 Å². The summed E-state index contributed by atoms with van der Waals surface area (Å²) in [5, 5.41) is 0. The first-order valence-corrected chi connectivity index (χ1v) is 9.15. The molecule has 0 aromatic carbocycles. The molecule has 2 heterocycles. The number of epoxide rings is 2. The van der Waals surface area contributed by atoms with E-state index in [1.54, 1.807) is 0 Å². The average molecular weight is 308 g/mol. The summed E-state index contributed by atoms with van der Waals surface area (Å²) in [4.78, 5) is 12.7. The van der Waals surface area contributed by atoms with E-state index in [2.05, 4.69) is 13.8 Å². The number of hydrogen-bond donors (Lipinski definition) is 0. The zero-order chi connectivity index (χ0) is 15.3. The zero-order valence-corrected chi connectivity index (χ0v) is 13.8. The lowest BCUT2D eigenvalue weighted by atomic mass is 9.63. The summed E-state index contributed by atoms with van der Waals surface area (Å²) in [6.07, 6.45) is 8.99. The monoisotopic (exact) mass is 308 g/mol. The van der Waals surface area contributed by atoms with Crippen molar-refractivity contribution in [2.24, 2.45) is 17.3 Å². The number of carbonyl (C=O) groups excluding carboxylic acids is 1. The summed E-state index contributed by atoms with van der Waals surface area (Å²) in [5.41, 5.74) is 0.0112. The first-order valence-electron chi connectivity index (χ1n) is 9.15. The van der Waals surface area contributed by atoms with Gasteiger partial charge in [-0.3, -0.25) is 4.79 Å². The molecule has 0 aromatic rings. The molecule has 4 nitrogen and oxygen atoms in total. The number of esters is 1. The van der Waals surface area contributed by atoms with Crippen LogP contribution in [0.25, 0.3) is 0 Å². The van der Waals surface area contributed by atoms with Crippen LogP contribution >= 0.6 is 0 Å². The van der Waals surface area contributed by atoms with Crippen LogP contribution in [0, 0.1) is 17.3 Å². The van der Waals surface area contributed by atoms with Crippen LogP contribution in [0.5, 0.6) is 0 Å². The highest BCUT2D eigenvalue weighted by Gasteiger charge is 2.61. The van der Waals surface area contributed by atoms with E-state index in [4.69, 9.17) is 14.2 Å². The SMILES string of the molecule is CCC1(CC)C(C(=O)OCC2CCC3OC3C2)CCC2OC21. The molecule has 0 bridgehead atoms. The minimum atomic E-state index is 0.0112. The van der Waals surface area contributed by atoms with Crippen LogP contribution in [0.3, 0.4) is 0 Å². The normalized spacial score (nSPS) is 44.6. The molecule has 2 aliphatic carbocycles. The second kappa shape index (κ2) is 5.48. The third-order valence-corrected chi connectivity index (χ3v) is 6.76. The molecular weight excluding hydrogens is 280 g/mol. The average Bonchev–Trinajstić information content (AvgIpc) is 3.44. The van der Waals surface area contributed by atoms with Gasteiger partial charge in [-0.25, -0.2) is 0 Å². The summed E-state index contributed by atoms with van der Waals surface area (Å²) >= 11 is 0. The smallest absolute Gasteiger partial charge is 0.309 e. The molecule has 4 heteroatoms. The Morgan fingerprint density at radius 2 is 1.82 bits per heavy atom. The zero-order valence-electron chi connectivity index (χ0n) is 13.8. The van der Waals surface area contributed by atoms with Gasteiger partial charge in [-0.05, 0) is 50.9 Å². The minimum absolute atomic E-state index is 0.0112. The molecule has 6 atom stereocenters. The van der Waals surface area contributed by atoms with Crippen LogP contribution < -0.4 is 0 Å². The van der Waals surface area contributed by atoms with Gasteiger partial charge in [0.1, 0.15) is 0 Å². The molecule has 4 fully saturated rings. The Labute approximate surface area is 132 Å². The number of fused-ring (bicyclic) bond motifs is 2. The van der Waals surface area contributed by atoms with Crippen molar-refractivity contribution in [2.75, 3.05) is 6.61 Å². The molecule has 0 radical (unpaired) electrons. The highest BCUT2D eigenvalue weighted by molar-refractivity contribution is 5.74. The molecule has 124 valence electrons. The molecular formula is C18H28O4. The van der Waals surface area contributed by atoms with Gasteiger partial charge < -0.3 is 14.2 Å². The largest absolute Gasteiger partial charge is 0.465 e. The van der Waals surface area contributed by atoms with Crippen molar-refractivity contribution in [3.8, 4) is 0 Å². The maximum Gasteiger partial charge on any atom is 0.309 e. The maximum atomic E-state index is 12.7. The fraction of sp³-hybridized carbons (Fsp3) is 0.944. The van der Waals surface area contributed by atoms with Gasteiger partial charge in [0.2, 0.25) is 0 Å². The molecule has 4 aliphatic rings. The Hall–Kier alpha value is -0.610. The van der Waals surface area contributed by atoms with Crippen molar-refractivity contribution < 1.29 is 19.0 Å². The topological polar surface area (TPSA) is 51.4 Å². The molecule has 2 saturated carbocycles. The van der Waals surface area contributed by atoms with E-state index in [0.29, 0.717) is 36.9 Å². The fourth-order valence-electron chi connectivity index (χ4n) is 5.12. The van der Waals surface area contributed by atoms with Crippen LogP contribution in [-0.2, 0) is 19.0 Å². The van der Waals surface area contributed by atoms with Gasteiger partial charge in [0, 0.05) is 5.41 Å². The molecule has 0 amide bonds. The first kappa shape index (κ1) is 14.9. The van der Waals surface area contributed by atoms with Crippen LogP contribution in [-0.4, -0.2) is 37.0 Å². The van der Waals surface area contributed by atoms with Crippen molar-refractivity contribution in [1.82, 2.24) is 0 Å². The minimum Gasteiger partial charge on any atom is -0.465 e. The van der Waals surface area contributed by atoms with E-state index in [0.717, 1.165) is 44.9 Å². The highest BCUT2D eigenvalue weighted by atomic mass is 16.6. The lowest BCUT2D eigenvalue weighted by molar-refractivity contribution is -0.157. The van der Waals surface area contributed by atoms with E-state index in [-0.39, 0.29) is 17.3 Å². The van der Waals surface area contributed by atoms with Gasteiger partial charge in [-0.2, -0.15) is 0 Å². The molecule has 0 spiro atoms. The van der Waals surface area contributed by atoms with Crippen LogP contribution in [0.1, 0.15) is 58.8 Å². The summed E-state index contributed by atoms with van der Waals surface area (Å²) in [6.45, 7) is 4.97. The van der Waals surface area contributed by atoms with E-state index in [1.807, 2.05) is 0 Å². The lowest BCUT2D eigenvalue weighted by Crippen LogP contribution is -2.44. The highest BCUT2D eigenvalue weighted by Crippen LogP contribution is 2.56. The van der Waals surface area contributed by atoms with E-state index in [9.17, 15) is 4.79 Å². The van der Waals surface area contributed by atoms with Gasteiger partial charge >= 0.3 is 5.97 Å². The number of hydrogen-bond acceptors (Lipinski definition) is 4. The van der Waals surface area contributed by atoms with Crippen molar-refractivity contribution in [1.29, 1.82) is 0 Å². The lowest BCUT2D eigenvalue weighted by Gasteiger charge is -2.39. The maximum absolute atomic E-state index is 12.7. The Balaban J connectivity index is 1.36. The number of ether oxygens (including phenoxy) is 3. The molecule has 0 aromatic heterocycles. The van der Waals surface area contributed by atoms with Gasteiger partial charge in [0.05, 0.1) is 36.9 Å². The van der Waals surface area contributed by atoms with Crippen molar-refractivity contribution in [3.05, 3.63) is 0 Å². The molecule has 6 unspecified atom stereocenters. The van der Waals surface area contributed by atoms with E-state index >= 15 is 0 Å². The Bertz CT molecular complexity index is 444. The molecule has 4 rings (SSSR count). The standard InChI is InChI=1S/C18H28O4/c1-3-18(4-2)12(6-8-14-16(18)22-14)17(19)20-10-11-5-7-13-15(9-11)21-13/h11-16H,3-10H2,1-2H3. The Morgan fingerprint density at radius 3 is 2.55 bits per heavy atom. The molecule has 0 N–H and O–H groups in total. The van der Waals surface area contributed by atoms with E-state index in [1.165, 1.54) is 0 Å². The summed E-state index contributed by atoms with van der Waals surface area (Å²) < 4.78 is 17.2. The van der Waals surface area contributed by atoms with Gasteiger partial charge in [-0.1, -0.05) is 13.8 Å². The number of carbonyl (C=O) groups is 1. The second-order valence-corrected chi connectivity index (χ2v) is 7.69. The Kier molecular flexibility index (Phi) is 3.73. The Morgan fingerprint density at radius 1 is 1.05 bits per heavy atom. The summed E-state index contributed by atoms with van der Waals surface area (Å²) in [7, 11) is 0. The van der Waals surface area contributed by atoms with Crippen LogP contribution in [0.15, 0.2) is 0 Å². The van der Waals surface area contributed by atoms with Gasteiger partial charge in [-0.15, -0.1) is 0 Å². The van der Waals surface area contributed by atoms with Crippen molar-refractivity contribution >= 4 is 5.97 Å². The molecule has 22 heavy (non-hydrogen) atoms. The third kappa shape index (κ3) is 2.39. The summed E-state index contributed by atoms with van der Waals surface area (Å²) in [5.74, 6) is 0.551.